The van der Waals surface area contributed by atoms with Gasteiger partial charge in [0, 0.05) is 0 Å². The van der Waals surface area contributed by atoms with Crippen LogP contribution in [0.5, 0.6) is 5.75 Å². The number of nitrogens with zero attached hydrogens (tertiary/aromatic N) is 1. The molecule has 9 heteroatoms. The normalized spacial score (nSPS) is 14.8. The van der Waals surface area contributed by atoms with Crippen LogP contribution in [0.1, 0.15) is 18.1 Å². The quantitative estimate of drug-likeness (QED) is 0.270. The van der Waals surface area contributed by atoms with E-state index < -0.39 is 11.9 Å². The van der Waals surface area contributed by atoms with Gasteiger partial charge in [-0.05, 0) is 58.8 Å². The molecule has 0 spiro atoms. The standard InChI is InChI=1S/C25H19Cl2NO5S/c1-2-32-22(29)14-33-23-19(26)10-15(11-20(23)27)12-21-24(30)28(25(31)34-21)13-17-8-5-7-16-6-3-4-9-18(16)17/h3-12H,2,13-14H2,1H3/b21-12+. The predicted molar refractivity (Wildman–Crippen MR) is 134 cm³/mol. The van der Waals surface area contributed by atoms with Gasteiger partial charge in [0.1, 0.15) is 0 Å². The Morgan fingerprint density at radius 2 is 1.76 bits per heavy atom. The van der Waals surface area contributed by atoms with Crippen LogP contribution in [-0.2, 0) is 20.9 Å². The molecule has 1 fully saturated rings. The molecule has 174 valence electrons. The highest BCUT2D eigenvalue weighted by molar-refractivity contribution is 8.18. The lowest BCUT2D eigenvalue weighted by Gasteiger charge is -2.14. The number of thioether (sulfide) groups is 1. The van der Waals surface area contributed by atoms with E-state index in [0.717, 1.165) is 28.1 Å². The number of esters is 1. The maximum Gasteiger partial charge on any atom is 0.344 e. The number of hydrogen-bond acceptors (Lipinski definition) is 6. The van der Waals surface area contributed by atoms with Gasteiger partial charge < -0.3 is 9.47 Å². The Hall–Kier alpha value is -3.00. The molecule has 1 saturated heterocycles. The number of benzene rings is 3. The second-order valence-corrected chi connectivity index (χ2v) is 9.12. The number of imide groups is 1. The molecule has 3 aromatic carbocycles. The van der Waals surface area contributed by atoms with Gasteiger partial charge in [0.25, 0.3) is 11.1 Å². The lowest BCUT2D eigenvalue weighted by molar-refractivity contribution is -0.145. The van der Waals surface area contributed by atoms with Gasteiger partial charge in [-0.3, -0.25) is 14.5 Å². The molecular weight excluding hydrogens is 497 g/mol. The Labute approximate surface area is 210 Å². The van der Waals surface area contributed by atoms with Crippen molar-refractivity contribution >= 4 is 68.9 Å². The highest BCUT2D eigenvalue weighted by Crippen LogP contribution is 2.38. The third kappa shape index (κ3) is 5.22. The SMILES string of the molecule is CCOC(=O)COc1c(Cl)cc(/C=C2/SC(=O)N(Cc3cccc4ccccc34)C2=O)cc1Cl. The van der Waals surface area contributed by atoms with E-state index in [1.807, 2.05) is 42.5 Å². The Morgan fingerprint density at radius 3 is 2.50 bits per heavy atom. The summed E-state index contributed by atoms with van der Waals surface area (Å²) in [7, 11) is 0. The van der Waals surface area contributed by atoms with Crippen molar-refractivity contribution in [2.75, 3.05) is 13.2 Å². The Balaban J connectivity index is 1.53. The van der Waals surface area contributed by atoms with Crippen LogP contribution in [0.25, 0.3) is 16.8 Å². The van der Waals surface area contributed by atoms with Crippen molar-refractivity contribution in [3.63, 3.8) is 0 Å². The van der Waals surface area contributed by atoms with Crippen molar-refractivity contribution in [1.29, 1.82) is 0 Å². The van der Waals surface area contributed by atoms with Crippen LogP contribution in [-0.4, -0.2) is 35.2 Å². The molecule has 1 aliphatic heterocycles. The number of carbonyl (C=O) groups is 3. The lowest BCUT2D eigenvalue weighted by Crippen LogP contribution is -2.27. The fraction of sp³-hybridized carbons (Fsp3) is 0.160. The van der Waals surface area contributed by atoms with Crippen LogP contribution in [0.4, 0.5) is 4.79 Å². The van der Waals surface area contributed by atoms with Gasteiger partial charge in [0.05, 0.1) is 28.1 Å². The average molecular weight is 516 g/mol. The van der Waals surface area contributed by atoms with E-state index in [-0.39, 0.29) is 45.7 Å². The molecule has 4 rings (SSSR count). The Morgan fingerprint density at radius 1 is 1.06 bits per heavy atom. The minimum Gasteiger partial charge on any atom is -0.479 e. The molecular formula is C25H19Cl2NO5S. The number of halogens is 2. The minimum absolute atomic E-state index is 0.137. The Kier molecular flexibility index (Phi) is 7.46. The summed E-state index contributed by atoms with van der Waals surface area (Å²) >= 11 is 13.4. The van der Waals surface area contributed by atoms with Gasteiger partial charge in [0.2, 0.25) is 0 Å². The van der Waals surface area contributed by atoms with Crippen molar-refractivity contribution in [3.05, 3.63) is 80.7 Å². The summed E-state index contributed by atoms with van der Waals surface area (Å²) in [5.74, 6) is -0.797. The van der Waals surface area contributed by atoms with Crippen LogP contribution >= 0.6 is 35.0 Å². The molecule has 6 nitrogen and oxygen atoms in total. The minimum atomic E-state index is -0.543. The van der Waals surface area contributed by atoms with Crippen LogP contribution in [0.3, 0.4) is 0 Å². The molecule has 0 saturated carbocycles. The summed E-state index contributed by atoms with van der Waals surface area (Å²) < 4.78 is 10.2. The van der Waals surface area contributed by atoms with Crippen molar-refractivity contribution in [1.82, 2.24) is 4.90 Å². The zero-order chi connectivity index (χ0) is 24.2. The van der Waals surface area contributed by atoms with Crippen molar-refractivity contribution in [2.45, 2.75) is 13.5 Å². The van der Waals surface area contributed by atoms with Gasteiger partial charge in [-0.2, -0.15) is 0 Å². The topological polar surface area (TPSA) is 72.9 Å². The van der Waals surface area contributed by atoms with E-state index in [1.165, 1.54) is 4.90 Å². The van der Waals surface area contributed by atoms with Gasteiger partial charge in [-0.1, -0.05) is 65.7 Å². The number of carbonyl (C=O) groups excluding carboxylic acids is 3. The zero-order valence-corrected chi connectivity index (χ0v) is 20.4. The Bertz CT molecular complexity index is 1300. The van der Waals surface area contributed by atoms with Crippen molar-refractivity contribution < 1.29 is 23.9 Å². The van der Waals surface area contributed by atoms with E-state index in [4.69, 9.17) is 32.7 Å². The predicted octanol–water partition coefficient (Wildman–Crippen LogP) is 6.33. The second-order valence-electron chi connectivity index (χ2n) is 7.31. The van der Waals surface area contributed by atoms with Crippen LogP contribution in [0, 0.1) is 0 Å². The molecule has 3 aromatic rings. The fourth-order valence-corrected chi connectivity index (χ4v) is 4.97. The number of amides is 2. The highest BCUT2D eigenvalue weighted by atomic mass is 35.5. The lowest BCUT2D eigenvalue weighted by atomic mass is 10.0. The molecule has 1 heterocycles. The molecule has 0 N–H and O–H groups in total. The molecule has 0 unspecified atom stereocenters. The molecule has 0 bridgehead atoms. The average Bonchev–Trinajstić information content (AvgIpc) is 3.06. The summed E-state index contributed by atoms with van der Waals surface area (Å²) in [5.41, 5.74) is 1.41. The summed E-state index contributed by atoms with van der Waals surface area (Å²) in [4.78, 5) is 38.6. The first-order chi connectivity index (χ1) is 16.4. The number of hydrogen-bond donors (Lipinski definition) is 0. The summed E-state index contributed by atoms with van der Waals surface area (Å²) in [6, 6.07) is 16.7. The van der Waals surface area contributed by atoms with Crippen LogP contribution in [0.15, 0.2) is 59.5 Å². The van der Waals surface area contributed by atoms with E-state index >= 15 is 0 Å². The van der Waals surface area contributed by atoms with E-state index in [1.54, 1.807) is 25.1 Å². The first-order valence-electron chi connectivity index (χ1n) is 10.4. The van der Waals surface area contributed by atoms with Crippen molar-refractivity contribution in [3.8, 4) is 5.75 Å². The smallest absolute Gasteiger partial charge is 0.344 e. The molecule has 0 aliphatic carbocycles. The van der Waals surface area contributed by atoms with Crippen molar-refractivity contribution in [2.24, 2.45) is 0 Å². The van der Waals surface area contributed by atoms with Gasteiger partial charge >= 0.3 is 5.97 Å². The third-order valence-electron chi connectivity index (χ3n) is 5.04. The summed E-state index contributed by atoms with van der Waals surface area (Å²) in [6.45, 7) is 1.76. The molecule has 0 atom stereocenters. The number of rotatable bonds is 7. The summed E-state index contributed by atoms with van der Waals surface area (Å²) in [5, 5.41) is 2.01. The van der Waals surface area contributed by atoms with Crippen LogP contribution < -0.4 is 4.74 Å². The largest absolute Gasteiger partial charge is 0.479 e. The molecule has 1 aliphatic rings. The van der Waals surface area contributed by atoms with E-state index in [2.05, 4.69) is 0 Å². The maximum atomic E-state index is 13.0. The summed E-state index contributed by atoms with van der Waals surface area (Å²) in [6.07, 6.45) is 1.56. The molecule has 0 radical (unpaired) electrons. The monoisotopic (exact) mass is 515 g/mol. The number of fused-ring (bicyclic) bond motifs is 1. The molecule has 34 heavy (non-hydrogen) atoms. The maximum absolute atomic E-state index is 13.0. The fourth-order valence-electron chi connectivity index (χ4n) is 3.52. The zero-order valence-electron chi connectivity index (χ0n) is 18.0. The van der Waals surface area contributed by atoms with E-state index in [9.17, 15) is 14.4 Å². The van der Waals surface area contributed by atoms with Gasteiger partial charge in [-0.15, -0.1) is 0 Å². The number of ether oxygens (including phenoxy) is 2. The van der Waals surface area contributed by atoms with Gasteiger partial charge in [-0.25, -0.2) is 4.79 Å². The van der Waals surface area contributed by atoms with Gasteiger partial charge in [0.15, 0.2) is 12.4 Å². The van der Waals surface area contributed by atoms with Crippen LogP contribution in [0.2, 0.25) is 10.0 Å². The first-order valence-corrected chi connectivity index (χ1v) is 11.9. The second kappa shape index (κ2) is 10.5. The van der Waals surface area contributed by atoms with E-state index in [0.29, 0.717) is 5.56 Å². The first kappa shape index (κ1) is 24.1. The molecule has 2 amide bonds. The highest BCUT2D eigenvalue weighted by Gasteiger charge is 2.35. The molecule has 0 aromatic heterocycles. The third-order valence-corrected chi connectivity index (χ3v) is 6.51.